The third-order valence-electron chi connectivity index (χ3n) is 4.50. The number of likely N-dealkylation sites (tertiary alicyclic amines) is 1. The summed E-state index contributed by atoms with van der Waals surface area (Å²) < 4.78 is 5.79. The lowest BCUT2D eigenvalue weighted by Crippen LogP contribution is -2.34. The summed E-state index contributed by atoms with van der Waals surface area (Å²) in [6.45, 7) is 0.546. The minimum Gasteiger partial charge on any atom is -0.489 e. The Balaban J connectivity index is 1.62. The zero-order valence-electron chi connectivity index (χ0n) is 13.2. The maximum Gasteiger partial charge on any atom is 0.320 e. The number of hydrogen-bond donors (Lipinski definition) is 1. The molecule has 23 heavy (non-hydrogen) atoms. The summed E-state index contributed by atoms with van der Waals surface area (Å²) in [5.41, 5.74) is 2.28. The Morgan fingerprint density at radius 2 is 1.83 bits per heavy atom. The van der Waals surface area contributed by atoms with E-state index < -0.39 is 5.97 Å². The molecule has 1 heterocycles. The van der Waals surface area contributed by atoms with Crippen LogP contribution in [0, 0.1) is 0 Å². The number of carboxylic acids is 1. The first-order valence-electron chi connectivity index (χ1n) is 7.86. The number of nitrogens with zero attached hydrogens (tertiary/aromatic N) is 1. The van der Waals surface area contributed by atoms with Crippen molar-refractivity contribution in [3.63, 3.8) is 0 Å². The van der Waals surface area contributed by atoms with E-state index in [9.17, 15) is 9.90 Å². The van der Waals surface area contributed by atoms with E-state index >= 15 is 0 Å². The molecule has 0 aromatic heterocycles. The monoisotopic (exact) mass is 311 g/mol. The fourth-order valence-corrected chi connectivity index (χ4v) is 3.17. The molecule has 1 aliphatic rings. The van der Waals surface area contributed by atoms with Gasteiger partial charge in [0.05, 0.1) is 0 Å². The lowest BCUT2D eigenvalue weighted by Gasteiger charge is -2.23. The van der Waals surface area contributed by atoms with Crippen LogP contribution in [0.2, 0.25) is 0 Å². The van der Waals surface area contributed by atoms with Crippen LogP contribution < -0.4 is 4.74 Å². The molecule has 1 saturated heterocycles. The topological polar surface area (TPSA) is 49.8 Å². The van der Waals surface area contributed by atoms with Crippen LogP contribution in [0.4, 0.5) is 0 Å². The van der Waals surface area contributed by atoms with Crippen LogP contribution in [0.25, 0.3) is 0 Å². The summed E-state index contributed by atoms with van der Waals surface area (Å²) in [6, 6.07) is 17.8. The molecule has 1 fully saturated rings. The van der Waals surface area contributed by atoms with E-state index in [0.29, 0.717) is 13.0 Å². The Kier molecular flexibility index (Phi) is 4.63. The average molecular weight is 311 g/mol. The molecule has 3 rings (SSSR count). The van der Waals surface area contributed by atoms with Crippen molar-refractivity contribution in [1.29, 1.82) is 0 Å². The number of benzene rings is 2. The molecule has 0 bridgehead atoms. The molecule has 0 amide bonds. The van der Waals surface area contributed by atoms with Gasteiger partial charge in [-0.25, -0.2) is 0 Å². The molecule has 120 valence electrons. The van der Waals surface area contributed by atoms with Crippen molar-refractivity contribution in [3.05, 3.63) is 65.7 Å². The first kappa shape index (κ1) is 15.6. The summed E-state index contributed by atoms with van der Waals surface area (Å²) in [5.74, 6) is 0.0888. The second-order valence-electron chi connectivity index (χ2n) is 5.96. The van der Waals surface area contributed by atoms with Crippen molar-refractivity contribution in [2.24, 2.45) is 0 Å². The molecular weight excluding hydrogens is 290 g/mol. The second-order valence-corrected chi connectivity index (χ2v) is 5.96. The van der Waals surface area contributed by atoms with Gasteiger partial charge < -0.3 is 9.84 Å². The Morgan fingerprint density at radius 1 is 1.13 bits per heavy atom. The van der Waals surface area contributed by atoms with Gasteiger partial charge in [-0.15, -0.1) is 0 Å². The third kappa shape index (κ3) is 3.54. The van der Waals surface area contributed by atoms with Crippen molar-refractivity contribution in [3.8, 4) is 5.75 Å². The van der Waals surface area contributed by atoms with Gasteiger partial charge in [-0.3, -0.25) is 9.69 Å². The van der Waals surface area contributed by atoms with Gasteiger partial charge >= 0.3 is 5.97 Å². The molecule has 2 aromatic carbocycles. The average Bonchev–Trinajstić information content (AvgIpc) is 2.96. The Morgan fingerprint density at radius 3 is 2.43 bits per heavy atom. The number of likely N-dealkylation sites (N-methyl/N-ethyl adjacent to an activating group) is 1. The molecule has 2 aromatic rings. The van der Waals surface area contributed by atoms with Gasteiger partial charge in [-0.1, -0.05) is 42.5 Å². The summed E-state index contributed by atoms with van der Waals surface area (Å²) >= 11 is 0. The first-order chi connectivity index (χ1) is 11.1. The predicted octanol–water partition coefficient (Wildman–Crippen LogP) is 3.49. The Labute approximate surface area is 136 Å². The highest BCUT2D eigenvalue weighted by Crippen LogP contribution is 2.35. The maximum atomic E-state index is 11.2. The highest BCUT2D eigenvalue weighted by Gasteiger charge is 2.35. The molecule has 2 atom stereocenters. The number of carboxylic acid groups (broad SMARTS) is 1. The summed E-state index contributed by atoms with van der Waals surface area (Å²) in [7, 11) is 1.89. The van der Waals surface area contributed by atoms with E-state index in [4.69, 9.17) is 4.74 Å². The largest absolute Gasteiger partial charge is 0.489 e. The van der Waals surface area contributed by atoms with E-state index in [1.807, 2.05) is 66.5 Å². The van der Waals surface area contributed by atoms with Gasteiger partial charge in [0.2, 0.25) is 0 Å². The standard InChI is InChI=1S/C19H21NO3/c1-20-17(11-12-18(20)19(21)22)15-7-9-16(10-8-15)23-13-14-5-3-2-4-6-14/h2-10,17-18H,11-13H2,1H3,(H,21,22)/t17?,18-/m1/s1. The molecular formula is C19H21NO3. The van der Waals surface area contributed by atoms with E-state index in [0.717, 1.165) is 23.3 Å². The van der Waals surface area contributed by atoms with Crippen molar-refractivity contribution >= 4 is 5.97 Å². The quantitative estimate of drug-likeness (QED) is 0.918. The number of ether oxygens (including phenoxy) is 1. The summed E-state index contributed by atoms with van der Waals surface area (Å²) in [5, 5.41) is 9.21. The molecule has 4 nitrogen and oxygen atoms in total. The van der Waals surface area contributed by atoms with E-state index in [-0.39, 0.29) is 12.1 Å². The van der Waals surface area contributed by atoms with Gasteiger partial charge in [0.1, 0.15) is 18.4 Å². The molecule has 0 spiro atoms. The predicted molar refractivity (Wildman–Crippen MR) is 88.4 cm³/mol. The first-order valence-corrected chi connectivity index (χ1v) is 7.86. The van der Waals surface area contributed by atoms with Crippen molar-refractivity contribution in [2.75, 3.05) is 7.05 Å². The lowest BCUT2D eigenvalue weighted by atomic mass is 10.0. The van der Waals surface area contributed by atoms with Gasteiger partial charge in [-0.05, 0) is 43.1 Å². The van der Waals surface area contributed by atoms with Crippen LogP contribution in [0.15, 0.2) is 54.6 Å². The lowest BCUT2D eigenvalue weighted by molar-refractivity contribution is -0.142. The molecule has 1 aliphatic heterocycles. The molecule has 4 heteroatoms. The van der Waals surface area contributed by atoms with Crippen LogP contribution in [0.1, 0.15) is 30.0 Å². The molecule has 0 saturated carbocycles. The minimum atomic E-state index is -0.738. The van der Waals surface area contributed by atoms with Crippen LogP contribution in [0.3, 0.4) is 0 Å². The van der Waals surface area contributed by atoms with Crippen LogP contribution in [-0.4, -0.2) is 29.1 Å². The van der Waals surface area contributed by atoms with Crippen LogP contribution >= 0.6 is 0 Å². The number of hydrogen-bond acceptors (Lipinski definition) is 3. The van der Waals surface area contributed by atoms with E-state index in [1.54, 1.807) is 0 Å². The van der Waals surface area contributed by atoms with Crippen molar-refractivity contribution in [1.82, 2.24) is 4.90 Å². The fourth-order valence-electron chi connectivity index (χ4n) is 3.17. The van der Waals surface area contributed by atoms with E-state index in [2.05, 4.69) is 0 Å². The molecule has 1 N–H and O–H groups in total. The highest BCUT2D eigenvalue weighted by atomic mass is 16.5. The number of aliphatic carboxylic acids is 1. The van der Waals surface area contributed by atoms with Gasteiger partial charge in [0, 0.05) is 6.04 Å². The van der Waals surface area contributed by atoms with Gasteiger partial charge in [-0.2, -0.15) is 0 Å². The van der Waals surface area contributed by atoms with Crippen LogP contribution in [-0.2, 0) is 11.4 Å². The summed E-state index contributed by atoms with van der Waals surface area (Å²) in [4.78, 5) is 13.1. The smallest absolute Gasteiger partial charge is 0.320 e. The zero-order valence-corrected chi connectivity index (χ0v) is 13.2. The summed E-state index contributed by atoms with van der Waals surface area (Å²) in [6.07, 6.45) is 1.57. The Bertz CT molecular complexity index is 654. The fraction of sp³-hybridized carbons (Fsp3) is 0.316. The van der Waals surface area contributed by atoms with Crippen molar-refractivity contribution in [2.45, 2.75) is 31.5 Å². The zero-order chi connectivity index (χ0) is 16.2. The van der Waals surface area contributed by atoms with Gasteiger partial charge in [0.15, 0.2) is 0 Å². The normalized spacial score (nSPS) is 21.3. The molecule has 0 aliphatic carbocycles. The second kappa shape index (κ2) is 6.84. The maximum absolute atomic E-state index is 11.2. The minimum absolute atomic E-state index is 0.166. The van der Waals surface area contributed by atoms with Crippen LogP contribution in [0.5, 0.6) is 5.75 Å². The van der Waals surface area contributed by atoms with E-state index in [1.165, 1.54) is 0 Å². The number of carbonyl (C=O) groups is 1. The highest BCUT2D eigenvalue weighted by molar-refractivity contribution is 5.74. The van der Waals surface area contributed by atoms with Gasteiger partial charge in [0.25, 0.3) is 0 Å². The Hall–Kier alpha value is -2.33. The third-order valence-corrected chi connectivity index (χ3v) is 4.50. The SMILES string of the molecule is CN1C(c2ccc(OCc3ccccc3)cc2)CC[C@@H]1C(=O)O. The van der Waals surface area contributed by atoms with Crippen molar-refractivity contribution < 1.29 is 14.6 Å². The number of rotatable bonds is 5. The molecule has 0 radical (unpaired) electrons. The molecule has 1 unspecified atom stereocenters.